The second kappa shape index (κ2) is 9.98. The van der Waals surface area contributed by atoms with Crippen molar-refractivity contribution in [1.82, 2.24) is 0 Å². The van der Waals surface area contributed by atoms with Crippen molar-refractivity contribution in [3.05, 3.63) is 74.4 Å². The van der Waals surface area contributed by atoms with E-state index in [-0.39, 0.29) is 27.0 Å². The predicted molar refractivity (Wildman–Crippen MR) is 134 cm³/mol. The highest BCUT2D eigenvalue weighted by Crippen LogP contribution is 2.43. The number of unbranched alkanes of at least 4 members (excludes halogenated alkanes) is 4. The van der Waals surface area contributed by atoms with Crippen LogP contribution in [0.4, 0.5) is 0 Å². The Hall–Kier alpha value is -2.82. The Kier molecular flexibility index (Phi) is 7.06. The molecule has 170 valence electrons. The Bertz CT molecular complexity index is 1340. The van der Waals surface area contributed by atoms with E-state index in [4.69, 9.17) is 27.6 Å². The fourth-order valence-corrected chi connectivity index (χ4v) is 4.40. The van der Waals surface area contributed by atoms with Crippen LogP contribution in [0.25, 0.3) is 33.4 Å². The minimum absolute atomic E-state index is 0.0815. The number of rotatable bonds is 8. The van der Waals surface area contributed by atoms with Crippen molar-refractivity contribution in [1.29, 1.82) is 0 Å². The zero-order valence-electron chi connectivity index (χ0n) is 18.3. The van der Waals surface area contributed by atoms with E-state index in [9.17, 15) is 14.7 Å². The number of fused-ring (bicyclic) bond motifs is 2. The molecule has 1 aliphatic carbocycles. The molecule has 1 heterocycles. The topological polar surface area (TPSA) is 67.5 Å². The molecule has 0 radical (unpaired) electrons. The lowest BCUT2D eigenvalue weighted by atomic mass is 9.92. The molecule has 4 nitrogen and oxygen atoms in total. The predicted octanol–water partition coefficient (Wildman–Crippen LogP) is 8.12. The highest BCUT2D eigenvalue weighted by Gasteiger charge is 2.20. The normalized spacial score (nSPS) is 11.4. The Labute approximate surface area is 202 Å². The number of aromatic hydroxyl groups is 1. The molecular weight excluding hydrogens is 459 g/mol. The molecule has 0 atom stereocenters. The summed E-state index contributed by atoms with van der Waals surface area (Å²) in [7, 11) is 0. The standard InChI is InChI=1S/C27H24Cl2O4/c1-2-3-4-5-6-7-22(30)16-8-10-17(11-9-16)27-18-12-20(28)23(31)14-25(18)33-26-15-24(32)21(29)13-19(26)27/h8-15,31H,2-7H2,1H3. The zero-order valence-corrected chi connectivity index (χ0v) is 19.8. The molecule has 1 aliphatic heterocycles. The number of halogens is 2. The van der Waals surface area contributed by atoms with Gasteiger partial charge in [0.25, 0.3) is 0 Å². The highest BCUT2D eigenvalue weighted by molar-refractivity contribution is 6.33. The van der Waals surface area contributed by atoms with Crippen molar-refractivity contribution in [2.24, 2.45) is 0 Å². The molecule has 2 aliphatic rings. The first-order chi connectivity index (χ1) is 15.9. The number of ketones is 1. The number of phenolic OH excluding ortho intramolecular Hbond substituents is 1. The molecule has 0 saturated carbocycles. The Morgan fingerprint density at radius 1 is 0.939 bits per heavy atom. The van der Waals surface area contributed by atoms with Crippen LogP contribution >= 0.6 is 23.2 Å². The van der Waals surface area contributed by atoms with E-state index in [0.29, 0.717) is 34.3 Å². The van der Waals surface area contributed by atoms with Crippen molar-refractivity contribution < 1.29 is 14.3 Å². The van der Waals surface area contributed by atoms with Crippen LogP contribution in [0.3, 0.4) is 0 Å². The van der Waals surface area contributed by atoms with E-state index >= 15 is 0 Å². The van der Waals surface area contributed by atoms with Gasteiger partial charge >= 0.3 is 0 Å². The molecule has 0 aromatic heterocycles. The fraction of sp³-hybridized carbons (Fsp3) is 0.259. The average molecular weight is 483 g/mol. The van der Waals surface area contributed by atoms with Crippen molar-refractivity contribution in [3.63, 3.8) is 0 Å². The summed E-state index contributed by atoms with van der Waals surface area (Å²) < 4.78 is 5.88. The fourth-order valence-electron chi connectivity index (χ4n) is 4.07. The summed E-state index contributed by atoms with van der Waals surface area (Å²) in [6.45, 7) is 2.17. The Balaban J connectivity index is 1.75. The maximum absolute atomic E-state index is 12.6. The summed E-state index contributed by atoms with van der Waals surface area (Å²) in [6.07, 6.45) is 6.04. The van der Waals surface area contributed by atoms with Gasteiger partial charge in [-0.3, -0.25) is 9.59 Å². The first-order valence-corrected chi connectivity index (χ1v) is 11.9. The minimum Gasteiger partial charge on any atom is -0.506 e. The SMILES string of the molecule is CCCCCCCC(=O)c1ccc(-c2c3cc(Cl)c(=O)cc-3oc3cc(O)c(Cl)cc23)cc1. The zero-order chi connectivity index (χ0) is 23.5. The van der Waals surface area contributed by atoms with Gasteiger partial charge in [0.05, 0.1) is 10.0 Å². The molecule has 0 spiro atoms. The van der Waals surface area contributed by atoms with Gasteiger partial charge < -0.3 is 9.52 Å². The molecule has 33 heavy (non-hydrogen) atoms. The molecule has 6 heteroatoms. The van der Waals surface area contributed by atoms with Gasteiger partial charge in [0, 0.05) is 40.6 Å². The minimum atomic E-state index is -0.351. The van der Waals surface area contributed by atoms with Crippen molar-refractivity contribution in [2.45, 2.75) is 45.4 Å². The maximum Gasteiger partial charge on any atom is 0.200 e. The van der Waals surface area contributed by atoms with Crippen LogP contribution in [0.1, 0.15) is 55.8 Å². The van der Waals surface area contributed by atoms with Gasteiger partial charge in [0.2, 0.25) is 5.43 Å². The van der Waals surface area contributed by atoms with Gasteiger partial charge in [-0.15, -0.1) is 0 Å². The molecule has 0 unspecified atom stereocenters. The number of carbonyl (C=O) groups is 1. The van der Waals surface area contributed by atoms with E-state index in [1.807, 2.05) is 24.3 Å². The van der Waals surface area contributed by atoms with Crippen LogP contribution in [0.5, 0.6) is 5.75 Å². The number of hydrogen-bond donors (Lipinski definition) is 1. The molecule has 0 fully saturated rings. The third-order valence-electron chi connectivity index (χ3n) is 5.84. The van der Waals surface area contributed by atoms with Gasteiger partial charge in [-0.25, -0.2) is 0 Å². The lowest BCUT2D eigenvalue weighted by molar-refractivity contribution is 0.0979. The van der Waals surface area contributed by atoms with Crippen molar-refractivity contribution >= 4 is 40.0 Å². The van der Waals surface area contributed by atoms with E-state index < -0.39 is 0 Å². The molecule has 4 rings (SSSR count). The first kappa shape index (κ1) is 23.3. The molecule has 0 saturated heterocycles. The van der Waals surface area contributed by atoms with E-state index in [2.05, 4.69) is 6.92 Å². The number of hydrogen-bond acceptors (Lipinski definition) is 4. The Morgan fingerprint density at radius 3 is 2.39 bits per heavy atom. The maximum atomic E-state index is 12.6. The molecule has 0 amide bonds. The summed E-state index contributed by atoms with van der Waals surface area (Å²) in [6, 6.07) is 13.3. The van der Waals surface area contributed by atoms with Crippen LogP contribution in [0.15, 0.2) is 57.7 Å². The van der Waals surface area contributed by atoms with Gasteiger partial charge in [-0.2, -0.15) is 0 Å². The summed E-state index contributed by atoms with van der Waals surface area (Å²) in [5, 5.41) is 11.0. The van der Waals surface area contributed by atoms with Gasteiger partial charge in [0.15, 0.2) is 5.78 Å². The van der Waals surface area contributed by atoms with Crippen LogP contribution in [0.2, 0.25) is 10.0 Å². The highest BCUT2D eigenvalue weighted by atomic mass is 35.5. The first-order valence-electron chi connectivity index (χ1n) is 11.1. The van der Waals surface area contributed by atoms with Crippen LogP contribution in [-0.4, -0.2) is 10.9 Å². The smallest absolute Gasteiger partial charge is 0.200 e. The number of Topliss-reactive ketones (excluding diaryl/α,β-unsaturated/α-hetero) is 1. The lowest BCUT2D eigenvalue weighted by Gasteiger charge is -2.16. The lowest BCUT2D eigenvalue weighted by Crippen LogP contribution is -2.03. The van der Waals surface area contributed by atoms with E-state index in [1.165, 1.54) is 25.0 Å². The third kappa shape index (κ3) is 4.92. The Morgan fingerprint density at radius 2 is 1.67 bits per heavy atom. The molecular formula is C27H24Cl2O4. The molecule has 1 N–H and O–H groups in total. The summed E-state index contributed by atoms with van der Waals surface area (Å²) >= 11 is 12.3. The largest absolute Gasteiger partial charge is 0.506 e. The number of phenols is 1. The van der Waals surface area contributed by atoms with Gasteiger partial charge in [-0.1, -0.05) is 80.1 Å². The average Bonchev–Trinajstić information content (AvgIpc) is 2.80. The molecule has 2 aromatic rings. The second-order valence-electron chi connectivity index (χ2n) is 8.22. The van der Waals surface area contributed by atoms with Crippen LogP contribution in [0, 0.1) is 0 Å². The van der Waals surface area contributed by atoms with Crippen LogP contribution < -0.4 is 5.43 Å². The molecule has 2 aromatic carbocycles. The second-order valence-corrected chi connectivity index (χ2v) is 9.03. The van der Waals surface area contributed by atoms with Gasteiger partial charge in [-0.05, 0) is 24.1 Å². The van der Waals surface area contributed by atoms with Crippen molar-refractivity contribution in [3.8, 4) is 28.2 Å². The third-order valence-corrected chi connectivity index (χ3v) is 6.44. The molecule has 0 bridgehead atoms. The summed E-state index contributed by atoms with van der Waals surface area (Å²) in [5.74, 6) is 0.359. The van der Waals surface area contributed by atoms with E-state index in [1.54, 1.807) is 12.1 Å². The number of benzene rings is 3. The van der Waals surface area contributed by atoms with E-state index in [0.717, 1.165) is 30.4 Å². The van der Waals surface area contributed by atoms with Crippen LogP contribution in [-0.2, 0) is 0 Å². The van der Waals surface area contributed by atoms with Crippen molar-refractivity contribution in [2.75, 3.05) is 0 Å². The van der Waals surface area contributed by atoms with Gasteiger partial charge in [0.1, 0.15) is 17.1 Å². The number of carbonyl (C=O) groups excluding carboxylic acids is 1. The monoisotopic (exact) mass is 482 g/mol. The quantitative estimate of drug-likeness (QED) is 0.156. The summed E-state index contributed by atoms with van der Waals surface area (Å²) in [5.41, 5.74) is 2.91. The summed E-state index contributed by atoms with van der Waals surface area (Å²) in [4.78, 5) is 24.7.